The summed E-state index contributed by atoms with van der Waals surface area (Å²) >= 11 is 1.51. The summed E-state index contributed by atoms with van der Waals surface area (Å²) in [4.78, 5) is 16.3. The Hall–Kier alpha value is -3.06. The Morgan fingerprint density at radius 2 is 1.70 bits per heavy atom. The van der Waals surface area contributed by atoms with Crippen LogP contribution < -0.4 is 0 Å². The van der Waals surface area contributed by atoms with E-state index in [0.29, 0.717) is 0 Å². The van der Waals surface area contributed by atoms with Gasteiger partial charge in [-0.3, -0.25) is 15.6 Å². The fourth-order valence-electron chi connectivity index (χ4n) is 3.03. The molecule has 7 heteroatoms. The van der Waals surface area contributed by atoms with Crippen molar-refractivity contribution in [3.63, 3.8) is 0 Å². The van der Waals surface area contributed by atoms with Gasteiger partial charge in [0.05, 0.1) is 23.1 Å². The second-order valence-electron chi connectivity index (χ2n) is 8.37. The van der Waals surface area contributed by atoms with Gasteiger partial charge in [-0.25, -0.2) is 4.98 Å². The van der Waals surface area contributed by atoms with Gasteiger partial charge in [-0.1, -0.05) is 49.7 Å². The van der Waals surface area contributed by atoms with Crippen molar-refractivity contribution in [3.8, 4) is 11.1 Å². The number of carbonyl (C=O) groups excluding carboxylic acids is 1. The highest BCUT2D eigenvalue weighted by molar-refractivity contribution is 7.18. The molecule has 0 aliphatic heterocycles. The summed E-state index contributed by atoms with van der Waals surface area (Å²) in [6, 6.07) is 14.5. The molecule has 0 fully saturated rings. The van der Waals surface area contributed by atoms with Gasteiger partial charge in [0, 0.05) is 6.42 Å². The van der Waals surface area contributed by atoms with E-state index >= 15 is 0 Å². The first-order valence-corrected chi connectivity index (χ1v) is 11.9. The summed E-state index contributed by atoms with van der Waals surface area (Å²) in [5.41, 5.74) is 3.82. The number of hydrogen-bond donors (Lipinski definition) is 2. The summed E-state index contributed by atoms with van der Waals surface area (Å²) < 4.78 is 11.5. The zero-order chi connectivity index (χ0) is 24.6. The molecule has 2 aromatic carbocycles. The molecule has 1 aromatic heterocycles. The molecule has 0 radical (unpaired) electrons. The molecular formula is C26H33N3O3S. The number of benzene rings is 2. The lowest BCUT2D eigenvalue weighted by molar-refractivity contribution is -0.154. The second-order valence-corrected chi connectivity index (χ2v) is 9.49. The SMILES string of the molecule is CC.Cc1cccc(-c2ccc3nc(CC(=N)OC(=N)CCC(=O)OC(C)(C)C)sc3c2)c1. The molecule has 0 saturated heterocycles. The van der Waals surface area contributed by atoms with Crippen LogP contribution in [-0.2, 0) is 20.7 Å². The number of carbonyl (C=O) groups is 1. The molecule has 0 amide bonds. The van der Waals surface area contributed by atoms with Gasteiger partial charge in [-0.2, -0.15) is 0 Å². The standard InChI is InChI=1S/C24H27N3O3S.C2H6/c1-15-6-5-7-16(12-15)17-8-9-18-19(13-17)31-22(27-18)14-21(26)29-20(25)10-11-23(28)30-24(2,3)4;1-2/h5-9,12-13,25-26H,10-11,14H2,1-4H3;1-2H3. The van der Waals surface area contributed by atoms with Crippen molar-refractivity contribution in [2.24, 2.45) is 0 Å². The van der Waals surface area contributed by atoms with Gasteiger partial charge in [0.25, 0.3) is 0 Å². The fourth-order valence-corrected chi connectivity index (χ4v) is 4.04. The summed E-state index contributed by atoms with van der Waals surface area (Å²) in [6.45, 7) is 11.5. The number of hydrogen-bond acceptors (Lipinski definition) is 7. The Morgan fingerprint density at radius 1 is 1.00 bits per heavy atom. The van der Waals surface area contributed by atoms with Crippen LogP contribution in [-0.4, -0.2) is 28.3 Å². The predicted molar refractivity (Wildman–Crippen MR) is 136 cm³/mol. The van der Waals surface area contributed by atoms with Crippen LogP contribution in [0.25, 0.3) is 21.3 Å². The zero-order valence-electron chi connectivity index (χ0n) is 20.2. The lowest BCUT2D eigenvalue weighted by Crippen LogP contribution is -2.24. The van der Waals surface area contributed by atoms with Gasteiger partial charge in [0.15, 0.2) is 11.8 Å². The monoisotopic (exact) mass is 467 g/mol. The van der Waals surface area contributed by atoms with Gasteiger partial charge in [-0.05, 0) is 51.0 Å². The molecule has 0 atom stereocenters. The number of thiazole rings is 1. The average molecular weight is 468 g/mol. The highest BCUT2D eigenvalue weighted by atomic mass is 32.1. The van der Waals surface area contributed by atoms with E-state index in [1.807, 2.05) is 26.0 Å². The average Bonchev–Trinajstić information content (AvgIpc) is 3.13. The van der Waals surface area contributed by atoms with Crippen molar-refractivity contribution in [1.82, 2.24) is 4.98 Å². The quantitative estimate of drug-likeness (QED) is 0.233. The Labute approximate surface area is 200 Å². The van der Waals surface area contributed by atoms with Crippen LogP contribution in [0.1, 0.15) is 58.0 Å². The van der Waals surface area contributed by atoms with Crippen LogP contribution in [0.5, 0.6) is 0 Å². The summed E-state index contributed by atoms with van der Waals surface area (Å²) in [7, 11) is 0. The van der Waals surface area contributed by atoms with E-state index < -0.39 is 5.60 Å². The number of ether oxygens (including phenoxy) is 2. The van der Waals surface area contributed by atoms with Gasteiger partial charge < -0.3 is 9.47 Å². The van der Waals surface area contributed by atoms with Crippen LogP contribution in [0.3, 0.4) is 0 Å². The first-order chi connectivity index (χ1) is 15.6. The Kier molecular flexibility index (Phi) is 9.29. The Morgan fingerprint density at radius 3 is 2.36 bits per heavy atom. The van der Waals surface area contributed by atoms with Crippen molar-refractivity contribution in [3.05, 3.63) is 53.0 Å². The fraction of sp³-hybridized carbons (Fsp3) is 0.385. The van der Waals surface area contributed by atoms with E-state index in [0.717, 1.165) is 26.4 Å². The van der Waals surface area contributed by atoms with Crippen molar-refractivity contribution < 1.29 is 14.3 Å². The molecule has 2 N–H and O–H groups in total. The minimum atomic E-state index is -0.557. The first kappa shape index (κ1) is 26.2. The highest BCUT2D eigenvalue weighted by Gasteiger charge is 2.17. The minimum Gasteiger partial charge on any atom is -0.460 e. The van der Waals surface area contributed by atoms with Crippen molar-refractivity contribution >= 4 is 39.3 Å². The number of esters is 1. The molecule has 1 heterocycles. The Bertz CT molecular complexity index is 1130. The second kappa shape index (κ2) is 11.7. The van der Waals surface area contributed by atoms with E-state index in [1.165, 1.54) is 16.9 Å². The van der Waals surface area contributed by atoms with Crippen LogP contribution in [0.15, 0.2) is 42.5 Å². The van der Waals surface area contributed by atoms with Gasteiger partial charge in [0.1, 0.15) is 10.6 Å². The Balaban J connectivity index is 0.00000187. The molecule has 33 heavy (non-hydrogen) atoms. The normalized spacial score (nSPS) is 10.8. The number of fused-ring (bicyclic) bond motifs is 1. The van der Waals surface area contributed by atoms with Crippen molar-refractivity contribution in [2.45, 2.75) is 66.4 Å². The number of aryl methyl sites for hydroxylation is 1. The maximum atomic E-state index is 11.8. The van der Waals surface area contributed by atoms with E-state index in [9.17, 15) is 4.79 Å². The summed E-state index contributed by atoms with van der Waals surface area (Å²) in [5, 5.41) is 16.7. The van der Waals surface area contributed by atoms with Crippen molar-refractivity contribution in [1.29, 1.82) is 10.8 Å². The largest absolute Gasteiger partial charge is 0.460 e. The van der Waals surface area contributed by atoms with Crippen LogP contribution in [0.4, 0.5) is 0 Å². The molecule has 3 rings (SSSR count). The van der Waals surface area contributed by atoms with E-state index in [4.69, 9.17) is 20.3 Å². The van der Waals surface area contributed by atoms with E-state index in [2.05, 4.69) is 42.2 Å². The number of rotatable bonds is 6. The minimum absolute atomic E-state index is 0.0479. The maximum Gasteiger partial charge on any atom is 0.306 e. The van der Waals surface area contributed by atoms with Crippen LogP contribution in [0, 0.1) is 17.7 Å². The van der Waals surface area contributed by atoms with Crippen LogP contribution in [0.2, 0.25) is 0 Å². The molecule has 0 bridgehead atoms. The third-order valence-corrected chi connectivity index (χ3v) is 5.34. The first-order valence-electron chi connectivity index (χ1n) is 11.1. The number of nitrogens with one attached hydrogen (secondary N) is 2. The molecule has 0 aliphatic rings. The third kappa shape index (κ3) is 8.42. The van der Waals surface area contributed by atoms with Gasteiger partial charge >= 0.3 is 5.97 Å². The van der Waals surface area contributed by atoms with Crippen LogP contribution >= 0.6 is 11.3 Å². The molecule has 3 aromatic rings. The lowest BCUT2D eigenvalue weighted by Gasteiger charge is -2.19. The smallest absolute Gasteiger partial charge is 0.306 e. The highest BCUT2D eigenvalue weighted by Crippen LogP contribution is 2.29. The summed E-state index contributed by atoms with van der Waals surface area (Å²) in [6.07, 6.45) is 0.344. The molecule has 0 unspecified atom stereocenters. The summed E-state index contributed by atoms with van der Waals surface area (Å²) in [5.74, 6) is -0.575. The van der Waals surface area contributed by atoms with Gasteiger partial charge in [0.2, 0.25) is 0 Å². The maximum absolute atomic E-state index is 11.8. The zero-order valence-corrected chi connectivity index (χ0v) is 21.1. The third-order valence-electron chi connectivity index (χ3n) is 4.32. The van der Waals surface area contributed by atoms with E-state index in [-0.39, 0.29) is 37.0 Å². The molecule has 0 saturated carbocycles. The van der Waals surface area contributed by atoms with Gasteiger partial charge in [-0.15, -0.1) is 11.3 Å². The molecular weight excluding hydrogens is 434 g/mol. The lowest BCUT2D eigenvalue weighted by atomic mass is 10.0. The number of aromatic nitrogens is 1. The molecule has 6 nitrogen and oxygen atoms in total. The molecule has 0 aliphatic carbocycles. The molecule has 176 valence electrons. The van der Waals surface area contributed by atoms with Crippen molar-refractivity contribution in [2.75, 3.05) is 0 Å². The predicted octanol–water partition coefficient (Wildman–Crippen LogP) is 6.93. The molecule has 0 spiro atoms. The number of nitrogens with zero attached hydrogens (tertiary/aromatic N) is 1. The van der Waals surface area contributed by atoms with E-state index in [1.54, 1.807) is 20.8 Å². The topological polar surface area (TPSA) is 96.1 Å².